The summed E-state index contributed by atoms with van der Waals surface area (Å²) in [4.78, 5) is 4.61. The molecule has 1 aromatic heterocycles. The number of nitrogens with zero attached hydrogens (tertiary/aromatic N) is 1. The first kappa shape index (κ1) is 17.3. The van der Waals surface area contributed by atoms with Crippen LogP contribution in [0.25, 0.3) is 11.3 Å². The van der Waals surface area contributed by atoms with Crippen molar-refractivity contribution >= 4 is 0 Å². The van der Waals surface area contributed by atoms with Crippen LogP contribution in [0.1, 0.15) is 50.7 Å². The van der Waals surface area contributed by atoms with Crippen molar-refractivity contribution < 1.29 is 9.47 Å². The summed E-state index contributed by atoms with van der Waals surface area (Å²) in [6.07, 6.45) is 5.03. The standard InChI is InChI=1S/C20H27NO2/c1-6-14-9-10-21-18(11-14)20-17(15(7-2)8-3)12-16(22-4)13-19(20)23-5/h9-13,15H,6-8H2,1-5H3. The average Bonchev–Trinajstić information content (AvgIpc) is 2.61. The van der Waals surface area contributed by atoms with Gasteiger partial charge in [0.25, 0.3) is 0 Å². The Morgan fingerprint density at radius 1 is 1.00 bits per heavy atom. The highest BCUT2D eigenvalue weighted by Gasteiger charge is 2.20. The van der Waals surface area contributed by atoms with E-state index in [1.54, 1.807) is 14.2 Å². The van der Waals surface area contributed by atoms with Crippen molar-refractivity contribution in [1.82, 2.24) is 4.98 Å². The molecule has 0 saturated heterocycles. The lowest BCUT2D eigenvalue weighted by molar-refractivity contribution is 0.393. The zero-order valence-electron chi connectivity index (χ0n) is 14.8. The van der Waals surface area contributed by atoms with E-state index in [1.165, 1.54) is 11.1 Å². The van der Waals surface area contributed by atoms with Crippen LogP contribution in [0, 0.1) is 0 Å². The second kappa shape index (κ2) is 8.00. The van der Waals surface area contributed by atoms with Crippen LogP contribution in [0.5, 0.6) is 11.5 Å². The van der Waals surface area contributed by atoms with E-state index in [0.717, 1.165) is 42.0 Å². The van der Waals surface area contributed by atoms with Gasteiger partial charge in [0.2, 0.25) is 0 Å². The van der Waals surface area contributed by atoms with Crippen molar-refractivity contribution in [2.75, 3.05) is 14.2 Å². The van der Waals surface area contributed by atoms with Crippen LogP contribution in [0.3, 0.4) is 0 Å². The average molecular weight is 313 g/mol. The van der Waals surface area contributed by atoms with E-state index >= 15 is 0 Å². The Morgan fingerprint density at radius 2 is 1.74 bits per heavy atom. The van der Waals surface area contributed by atoms with Gasteiger partial charge >= 0.3 is 0 Å². The number of pyridine rings is 1. The van der Waals surface area contributed by atoms with Gasteiger partial charge in [-0.2, -0.15) is 0 Å². The van der Waals surface area contributed by atoms with E-state index in [4.69, 9.17) is 9.47 Å². The molecule has 0 aliphatic carbocycles. The van der Waals surface area contributed by atoms with Gasteiger partial charge < -0.3 is 9.47 Å². The summed E-state index contributed by atoms with van der Waals surface area (Å²) in [5, 5.41) is 0. The molecule has 3 heteroatoms. The predicted molar refractivity (Wildman–Crippen MR) is 95.5 cm³/mol. The lowest BCUT2D eigenvalue weighted by Gasteiger charge is -2.21. The van der Waals surface area contributed by atoms with Gasteiger partial charge in [-0.3, -0.25) is 4.98 Å². The molecule has 0 unspecified atom stereocenters. The van der Waals surface area contributed by atoms with Crippen molar-refractivity contribution in [3.8, 4) is 22.8 Å². The Balaban J connectivity index is 2.71. The fourth-order valence-corrected chi connectivity index (χ4v) is 3.05. The zero-order chi connectivity index (χ0) is 16.8. The summed E-state index contributed by atoms with van der Waals surface area (Å²) in [5.41, 5.74) is 4.61. The number of aryl methyl sites for hydroxylation is 1. The van der Waals surface area contributed by atoms with Crippen molar-refractivity contribution in [3.63, 3.8) is 0 Å². The van der Waals surface area contributed by atoms with E-state index < -0.39 is 0 Å². The number of ether oxygens (including phenoxy) is 2. The van der Waals surface area contributed by atoms with E-state index in [1.807, 2.05) is 12.3 Å². The molecule has 0 aliphatic heterocycles. The lowest BCUT2D eigenvalue weighted by atomic mass is 9.87. The molecule has 0 saturated carbocycles. The quantitative estimate of drug-likeness (QED) is 0.701. The Hall–Kier alpha value is -2.03. The second-order valence-electron chi connectivity index (χ2n) is 5.71. The number of hydrogen-bond donors (Lipinski definition) is 0. The summed E-state index contributed by atoms with van der Waals surface area (Å²) >= 11 is 0. The minimum absolute atomic E-state index is 0.459. The first-order valence-electron chi connectivity index (χ1n) is 8.39. The highest BCUT2D eigenvalue weighted by atomic mass is 16.5. The molecule has 3 nitrogen and oxygen atoms in total. The maximum absolute atomic E-state index is 5.68. The molecule has 0 spiro atoms. The molecule has 1 heterocycles. The molecule has 0 fully saturated rings. The largest absolute Gasteiger partial charge is 0.497 e. The molecule has 0 N–H and O–H groups in total. The molecule has 0 aliphatic rings. The van der Waals surface area contributed by atoms with Gasteiger partial charge in [-0.15, -0.1) is 0 Å². The molecular weight excluding hydrogens is 286 g/mol. The van der Waals surface area contributed by atoms with Crippen molar-refractivity contribution in [3.05, 3.63) is 41.6 Å². The van der Waals surface area contributed by atoms with Crippen LogP contribution >= 0.6 is 0 Å². The van der Waals surface area contributed by atoms with Crippen LogP contribution in [0.4, 0.5) is 0 Å². The maximum atomic E-state index is 5.68. The maximum Gasteiger partial charge on any atom is 0.132 e. The number of hydrogen-bond acceptors (Lipinski definition) is 3. The molecule has 2 aromatic rings. The highest BCUT2D eigenvalue weighted by molar-refractivity contribution is 5.74. The Bertz CT molecular complexity index is 648. The summed E-state index contributed by atoms with van der Waals surface area (Å²) < 4.78 is 11.1. The van der Waals surface area contributed by atoms with E-state index in [2.05, 4.69) is 44.0 Å². The Kier molecular flexibility index (Phi) is 6.03. The minimum Gasteiger partial charge on any atom is -0.497 e. The Labute approximate surface area is 139 Å². The van der Waals surface area contributed by atoms with Gasteiger partial charge in [0, 0.05) is 17.8 Å². The van der Waals surface area contributed by atoms with Crippen molar-refractivity contribution in [1.29, 1.82) is 0 Å². The number of methoxy groups -OCH3 is 2. The number of aromatic nitrogens is 1. The van der Waals surface area contributed by atoms with Gasteiger partial charge in [-0.05, 0) is 54.5 Å². The summed E-state index contributed by atoms with van der Waals surface area (Å²) in [6, 6.07) is 8.31. The lowest BCUT2D eigenvalue weighted by Crippen LogP contribution is -2.03. The third kappa shape index (κ3) is 3.66. The third-order valence-electron chi connectivity index (χ3n) is 4.48. The molecule has 124 valence electrons. The normalized spacial score (nSPS) is 10.9. The minimum atomic E-state index is 0.459. The van der Waals surface area contributed by atoms with Gasteiger partial charge in [0.15, 0.2) is 0 Å². The van der Waals surface area contributed by atoms with Gasteiger partial charge in [0.05, 0.1) is 19.9 Å². The summed E-state index contributed by atoms with van der Waals surface area (Å²) in [5.74, 6) is 2.12. The molecule has 2 rings (SSSR count). The number of rotatable bonds is 7. The SMILES string of the molecule is CCc1ccnc(-c2c(OC)cc(OC)cc2C(CC)CC)c1. The van der Waals surface area contributed by atoms with E-state index in [9.17, 15) is 0 Å². The van der Waals surface area contributed by atoms with E-state index in [0.29, 0.717) is 5.92 Å². The summed E-state index contributed by atoms with van der Waals surface area (Å²) in [6.45, 7) is 6.60. The fourth-order valence-electron chi connectivity index (χ4n) is 3.05. The van der Waals surface area contributed by atoms with Gasteiger partial charge in [-0.1, -0.05) is 20.8 Å². The highest BCUT2D eigenvalue weighted by Crippen LogP contribution is 2.41. The fraction of sp³-hybridized carbons (Fsp3) is 0.450. The smallest absolute Gasteiger partial charge is 0.132 e. The van der Waals surface area contributed by atoms with Crippen molar-refractivity contribution in [2.45, 2.75) is 46.0 Å². The second-order valence-corrected chi connectivity index (χ2v) is 5.71. The monoisotopic (exact) mass is 313 g/mol. The van der Waals surface area contributed by atoms with Crippen LogP contribution < -0.4 is 9.47 Å². The predicted octanol–water partition coefficient (Wildman–Crippen LogP) is 5.23. The topological polar surface area (TPSA) is 31.4 Å². The van der Waals surface area contributed by atoms with Gasteiger partial charge in [0.1, 0.15) is 11.5 Å². The van der Waals surface area contributed by atoms with Crippen LogP contribution in [-0.4, -0.2) is 19.2 Å². The van der Waals surface area contributed by atoms with Crippen LogP contribution in [0.15, 0.2) is 30.5 Å². The Morgan fingerprint density at radius 3 is 2.30 bits per heavy atom. The third-order valence-corrected chi connectivity index (χ3v) is 4.48. The van der Waals surface area contributed by atoms with Crippen LogP contribution in [-0.2, 0) is 6.42 Å². The number of benzene rings is 1. The molecule has 1 aromatic carbocycles. The van der Waals surface area contributed by atoms with Crippen LogP contribution in [0.2, 0.25) is 0 Å². The first-order chi connectivity index (χ1) is 11.2. The van der Waals surface area contributed by atoms with Crippen molar-refractivity contribution in [2.24, 2.45) is 0 Å². The van der Waals surface area contributed by atoms with Gasteiger partial charge in [-0.25, -0.2) is 0 Å². The molecule has 0 atom stereocenters. The molecule has 23 heavy (non-hydrogen) atoms. The molecule has 0 radical (unpaired) electrons. The van der Waals surface area contributed by atoms with E-state index in [-0.39, 0.29) is 0 Å². The zero-order valence-corrected chi connectivity index (χ0v) is 14.8. The first-order valence-corrected chi connectivity index (χ1v) is 8.39. The molecular formula is C20H27NO2. The molecule has 0 bridgehead atoms. The summed E-state index contributed by atoms with van der Waals surface area (Å²) in [7, 11) is 3.40. The molecule has 0 amide bonds.